The van der Waals surface area contributed by atoms with E-state index in [1.807, 2.05) is 18.2 Å². The number of aryl methyl sites for hydroxylation is 1. The number of nitrogens with zero attached hydrogens (tertiary/aromatic N) is 1. The summed E-state index contributed by atoms with van der Waals surface area (Å²) in [6, 6.07) is 10.4. The summed E-state index contributed by atoms with van der Waals surface area (Å²) >= 11 is 0. The van der Waals surface area contributed by atoms with Gasteiger partial charge in [0.25, 0.3) is 0 Å². The van der Waals surface area contributed by atoms with E-state index in [1.54, 1.807) is 14.1 Å². The van der Waals surface area contributed by atoms with Crippen LogP contribution in [0.1, 0.15) is 56.9 Å². The summed E-state index contributed by atoms with van der Waals surface area (Å²) in [4.78, 5) is 16.9. The fourth-order valence-electron chi connectivity index (χ4n) is 3.92. The molecule has 0 heterocycles. The van der Waals surface area contributed by atoms with E-state index in [9.17, 15) is 15.0 Å². The van der Waals surface area contributed by atoms with Crippen LogP contribution in [0.5, 0.6) is 0 Å². The van der Waals surface area contributed by atoms with Crippen LogP contribution in [-0.4, -0.2) is 47.0 Å². The van der Waals surface area contributed by atoms with Gasteiger partial charge in [-0.05, 0) is 56.4 Å². The van der Waals surface area contributed by atoms with Crippen molar-refractivity contribution in [3.05, 3.63) is 48.0 Å². The standard InChI is InChI=1S/C23H35NO4/c1-24(2)28-22(26)18-23(27)16-8-12-20(17-23)14-15-21(25)13-7-6-11-19-9-4-3-5-10-19/h3-5,9-10,14-15,20-21,25,27H,6-8,11-13,16-18H2,1-2H3/b15-14+/t20-,21?,23+/m1/s1. The molecule has 1 saturated carbocycles. The third-order valence-corrected chi connectivity index (χ3v) is 5.28. The summed E-state index contributed by atoms with van der Waals surface area (Å²) in [5, 5.41) is 22.3. The molecule has 2 rings (SSSR count). The first-order valence-electron chi connectivity index (χ1n) is 10.4. The van der Waals surface area contributed by atoms with Crippen LogP contribution >= 0.6 is 0 Å². The second kappa shape index (κ2) is 11.3. The van der Waals surface area contributed by atoms with E-state index in [-0.39, 0.29) is 12.3 Å². The second-order valence-corrected chi connectivity index (χ2v) is 8.22. The van der Waals surface area contributed by atoms with Gasteiger partial charge in [-0.1, -0.05) is 48.9 Å². The molecule has 1 aromatic rings. The van der Waals surface area contributed by atoms with Gasteiger partial charge in [0, 0.05) is 14.1 Å². The molecule has 0 aromatic heterocycles. The van der Waals surface area contributed by atoms with Crippen LogP contribution in [0, 0.1) is 5.92 Å². The fourth-order valence-corrected chi connectivity index (χ4v) is 3.92. The van der Waals surface area contributed by atoms with Crippen LogP contribution < -0.4 is 0 Å². The lowest BCUT2D eigenvalue weighted by molar-refractivity contribution is -0.184. The lowest BCUT2D eigenvalue weighted by Crippen LogP contribution is -2.38. The number of unbranched alkanes of at least 4 members (excludes halogenated alkanes) is 1. The van der Waals surface area contributed by atoms with Crippen molar-refractivity contribution in [1.82, 2.24) is 5.06 Å². The van der Waals surface area contributed by atoms with Gasteiger partial charge in [0.15, 0.2) is 0 Å². The quantitative estimate of drug-likeness (QED) is 0.363. The predicted molar refractivity (Wildman–Crippen MR) is 110 cm³/mol. The zero-order chi connectivity index (χ0) is 20.4. The molecule has 28 heavy (non-hydrogen) atoms. The Morgan fingerprint density at radius 3 is 2.79 bits per heavy atom. The monoisotopic (exact) mass is 389 g/mol. The van der Waals surface area contributed by atoms with Crippen molar-refractivity contribution in [3.63, 3.8) is 0 Å². The molecule has 0 aliphatic heterocycles. The molecule has 3 atom stereocenters. The Kier molecular flexibility index (Phi) is 9.16. The minimum Gasteiger partial charge on any atom is -0.389 e. The first-order valence-corrected chi connectivity index (χ1v) is 10.4. The van der Waals surface area contributed by atoms with E-state index in [0.29, 0.717) is 12.8 Å². The van der Waals surface area contributed by atoms with Crippen molar-refractivity contribution in [3.8, 4) is 0 Å². The average Bonchev–Trinajstić information content (AvgIpc) is 2.63. The number of allylic oxidation sites excluding steroid dienone is 1. The van der Waals surface area contributed by atoms with Crippen LogP contribution in [0.4, 0.5) is 0 Å². The van der Waals surface area contributed by atoms with Gasteiger partial charge < -0.3 is 15.1 Å². The molecule has 1 aromatic carbocycles. The van der Waals surface area contributed by atoms with Gasteiger partial charge in [0.1, 0.15) is 0 Å². The van der Waals surface area contributed by atoms with Crippen LogP contribution in [0.25, 0.3) is 0 Å². The minimum atomic E-state index is -1.01. The van der Waals surface area contributed by atoms with Crippen molar-refractivity contribution >= 4 is 5.97 Å². The molecule has 0 spiro atoms. The smallest absolute Gasteiger partial charge is 0.327 e. The van der Waals surface area contributed by atoms with Gasteiger partial charge in [0.2, 0.25) is 0 Å². The number of aliphatic hydroxyl groups excluding tert-OH is 1. The molecular weight excluding hydrogens is 354 g/mol. The number of hydrogen-bond donors (Lipinski definition) is 2. The highest BCUT2D eigenvalue weighted by Crippen LogP contribution is 2.36. The van der Waals surface area contributed by atoms with E-state index in [0.717, 1.165) is 38.5 Å². The zero-order valence-electron chi connectivity index (χ0n) is 17.2. The Balaban J connectivity index is 1.70. The molecule has 1 aliphatic rings. The third kappa shape index (κ3) is 8.55. The lowest BCUT2D eigenvalue weighted by Gasteiger charge is -2.35. The molecule has 1 unspecified atom stereocenters. The zero-order valence-corrected chi connectivity index (χ0v) is 17.2. The van der Waals surface area contributed by atoms with E-state index in [1.165, 1.54) is 10.6 Å². The van der Waals surface area contributed by atoms with Crippen LogP contribution in [0.3, 0.4) is 0 Å². The van der Waals surface area contributed by atoms with Gasteiger partial charge in [-0.2, -0.15) is 0 Å². The summed E-state index contributed by atoms with van der Waals surface area (Å²) in [5.74, 6) is -0.222. The highest BCUT2D eigenvalue weighted by atomic mass is 16.7. The van der Waals surface area contributed by atoms with Crippen LogP contribution in [-0.2, 0) is 16.1 Å². The van der Waals surface area contributed by atoms with Gasteiger partial charge in [-0.15, -0.1) is 5.06 Å². The molecule has 0 saturated heterocycles. The summed E-state index contributed by atoms with van der Waals surface area (Å²) in [7, 11) is 3.30. The summed E-state index contributed by atoms with van der Waals surface area (Å²) < 4.78 is 0. The second-order valence-electron chi connectivity index (χ2n) is 8.22. The van der Waals surface area contributed by atoms with Crippen LogP contribution in [0.2, 0.25) is 0 Å². The van der Waals surface area contributed by atoms with Crippen molar-refractivity contribution < 1.29 is 19.8 Å². The van der Waals surface area contributed by atoms with Crippen molar-refractivity contribution in [2.45, 2.75) is 69.5 Å². The number of benzene rings is 1. The Morgan fingerprint density at radius 2 is 2.07 bits per heavy atom. The topological polar surface area (TPSA) is 70.0 Å². The van der Waals surface area contributed by atoms with Crippen molar-refractivity contribution in [2.24, 2.45) is 5.92 Å². The summed E-state index contributed by atoms with van der Waals surface area (Å²) in [6.07, 6.45) is 10.2. The molecule has 0 amide bonds. The molecule has 0 radical (unpaired) electrons. The first-order chi connectivity index (χ1) is 13.4. The Bertz CT molecular complexity index is 616. The van der Waals surface area contributed by atoms with E-state index in [2.05, 4.69) is 24.3 Å². The van der Waals surface area contributed by atoms with Crippen LogP contribution in [0.15, 0.2) is 42.5 Å². The fraction of sp³-hybridized carbons (Fsp3) is 0.609. The Labute approximate surface area is 169 Å². The van der Waals surface area contributed by atoms with E-state index in [4.69, 9.17) is 4.84 Å². The number of hydroxylamine groups is 2. The maximum Gasteiger partial charge on any atom is 0.327 e. The Hall–Kier alpha value is -1.69. The Morgan fingerprint density at radius 1 is 1.32 bits per heavy atom. The number of aliphatic hydroxyl groups is 2. The predicted octanol–water partition coefficient (Wildman–Crippen LogP) is 3.65. The van der Waals surface area contributed by atoms with Crippen molar-refractivity contribution in [1.29, 1.82) is 0 Å². The van der Waals surface area contributed by atoms with E-state index >= 15 is 0 Å². The largest absolute Gasteiger partial charge is 0.389 e. The normalized spacial score (nSPS) is 23.8. The highest BCUT2D eigenvalue weighted by molar-refractivity contribution is 5.70. The van der Waals surface area contributed by atoms with Gasteiger partial charge in [-0.3, -0.25) is 4.79 Å². The molecule has 5 heteroatoms. The third-order valence-electron chi connectivity index (χ3n) is 5.28. The molecule has 5 nitrogen and oxygen atoms in total. The number of hydrogen-bond acceptors (Lipinski definition) is 5. The SMILES string of the molecule is CN(C)OC(=O)C[C@]1(O)CCC[C@H](/C=C/C(O)CCCCc2ccccc2)C1. The molecule has 0 bridgehead atoms. The average molecular weight is 390 g/mol. The molecule has 1 fully saturated rings. The minimum absolute atomic E-state index is 0.0115. The summed E-state index contributed by atoms with van der Waals surface area (Å²) in [5.41, 5.74) is 0.322. The number of rotatable bonds is 10. The first kappa shape index (κ1) is 22.6. The lowest BCUT2D eigenvalue weighted by atomic mass is 9.76. The molecule has 156 valence electrons. The maximum absolute atomic E-state index is 11.9. The number of carbonyl (C=O) groups excluding carboxylic acids is 1. The van der Waals surface area contributed by atoms with Gasteiger partial charge >= 0.3 is 5.97 Å². The highest BCUT2D eigenvalue weighted by Gasteiger charge is 2.36. The summed E-state index contributed by atoms with van der Waals surface area (Å²) in [6.45, 7) is 0. The molecule has 1 aliphatic carbocycles. The molecular formula is C23H35NO4. The van der Waals surface area contributed by atoms with Gasteiger partial charge in [0.05, 0.1) is 18.1 Å². The van der Waals surface area contributed by atoms with E-state index < -0.39 is 17.7 Å². The maximum atomic E-state index is 11.9. The van der Waals surface area contributed by atoms with Crippen molar-refractivity contribution in [2.75, 3.05) is 14.1 Å². The van der Waals surface area contributed by atoms with Gasteiger partial charge in [-0.25, -0.2) is 0 Å². The molecule has 2 N–H and O–H groups in total. The number of carbonyl (C=O) groups is 1.